The molecule has 3 fully saturated rings. The number of aliphatic hydroxyl groups is 11. The van der Waals surface area contributed by atoms with Gasteiger partial charge in [0.25, 0.3) is 0 Å². The molecule has 0 spiro atoms. The van der Waals surface area contributed by atoms with Gasteiger partial charge < -0.3 is 89.9 Å². The van der Waals surface area contributed by atoms with Gasteiger partial charge in [0, 0.05) is 6.42 Å². The van der Waals surface area contributed by atoms with Gasteiger partial charge in [-0.15, -0.1) is 0 Å². The minimum atomic E-state index is -1.97. The van der Waals surface area contributed by atoms with E-state index in [9.17, 15) is 61.0 Å². The number of hydrogen-bond acceptors (Lipinski definition) is 18. The third kappa shape index (κ3) is 21.9. The number of amides is 1. The summed E-state index contributed by atoms with van der Waals surface area (Å²) in [6.45, 7) is 1.68. The molecule has 19 heteroatoms. The molecule has 0 bridgehead atoms. The van der Waals surface area contributed by atoms with Gasteiger partial charge in [-0.05, 0) is 12.8 Å². The fourth-order valence-corrected chi connectivity index (χ4v) is 9.61. The van der Waals surface area contributed by atoms with E-state index in [0.29, 0.717) is 12.8 Å². The van der Waals surface area contributed by atoms with E-state index in [1.807, 2.05) is 0 Å². The number of aliphatic hydroxyl groups excluding tert-OH is 11. The number of ether oxygens (including phenoxy) is 6. The van der Waals surface area contributed by atoms with Crippen molar-refractivity contribution in [1.29, 1.82) is 0 Å². The molecular weight excluding hydrogens is 915 g/mol. The van der Waals surface area contributed by atoms with Crippen molar-refractivity contribution in [3.05, 3.63) is 0 Å². The van der Waals surface area contributed by atoms with E-state index in [4.69, 9.17) is 28.4 Å². The predicted molar refractivity (Wildman–Crippen MR) is 259 cm³/mol. The molecule has 70 heavy (non-hydrogen) atoms. The molecule has 0 aromatic heterocycles. The van der Waals surface area contributed by atoms with Crippen molar-refractivity contribution in [2.75, 3.05) is 26.4 Å². The summed E-state index contributed by atoms with van der Waals surface area (Å²) in [5, 5.41) is 119. The number of nitrogens with one attached hydrogen (secondary N) is 1. The molecule has 0 aromatic carbocycles. The molecule has 1 amide bonds. The van der Waals surface area contributed by atoms with Crippen LogP contribution in [0, 0.1) is 0 Å². The molecule has 414 valence electrons. The summed E-state index contributed by atoms with van der Waals surface area (Å²) in [6.07, 6.45) is 4.13. The Morgan fingerprint density at radius 3 is 1.24 bits per heavy atom. The highest BCUT2D eigenvalue weighted by Crippen LogP contribution is 2.33. The van der Waals surface area contributed by atoms with Gasteiger partial charge in [0.1, 0.15) is 73.2 Å². The molecule has 17 unspecified atom stereocenters. The van der Waals surface area contributed by atoms with Crippen LogP contribution in [0.5, 0.6) is 0 Å². The number of rotatable bonds is 39. The summed E-state index contributed by atoms with van der Waals surface area (Å²) in [5.41, 5.74) is 0. The van der Waals surface area contributed by atoms with E-state index in [1.54, 1.807) is 0 Å². The topological polar surface area (TPSA) is 307 Å². The SMILES string of the molecule is CCCCCCCCCCCCCCCCCCCCCCC(O)C(COC1OC(CO)C(OC2OC(CO)C(OC3OC(CO)C(O)C(O)C3O)C(O)C2O)C(O)C1O)NC(=O)CCCCCCC. The van der Waals surface area contributed by atoms with Gasteiger partial charge in [0.05, 0.1) is 38.6 Å². The lowest BCUT2D eigenvalue weighted by Crippen LogP contribution is -2.66. The molecule has 3 heterocycles. The van der Waals surface area contributed by atoms with Crippen LogP contribution in [-0.4, -0.2) is 193 Å². The zero-order chi connectivity index (χ0) is 51.3. The molecule has 0 aliphatic carbocycles. The summed E-state index contributed by atoms with van der Waals surface area (Å²) in [7, 11) is 0. The number of carbonyl (C=O) groups excluding carboxylic acids is 1. The summed E-state index contributed by atoms with van der Waals surface area (Å²) < 4.78 is 34.1. The second kappa shape index (κ2) is 36.7. The minimum Gasteiger partial charge on any atom is -0.394 e. The first-order valence-corrected chi connectivity index (χ1v) is 27.3. The lowest BCUT2D eigenvalue weighted by Gasteiger charge is -2.48. The zero-order valence-electron chi connectivity index (χ0n) is 42.5. The Bertz CT molecular complexity index is 1300. The van der Waals surface area contributed by atoms with Gasteiger partial charge in [0.2, 0.25) is 5.91 Å². The van der Waals surface area contributed by atoms with Crippen LogP contribution in [0.2, 0.25) is 0 Å². The van der Waals surface area contributed by atoms with E-state index in [1.165, 1.54) is 103 Å². The Labute approximate surface area is 417 Å². The third-order valence-corrected chi connectivity index (χ3v) is 14.2. The fraction of sp³-hybridized carbons (Fsp3) is 0.980. The largest absolute Gasteiger partial charge is 0.394 e. The Balaban J connectivity index is 1.45. The fourth-order valence-electron chi connectivity index (χ4n) is 9.61. The monoisotopic (exact) mass is 1010 g/mol. The van der Waals surface area contributed by atoms with Crippen LogP contribution in [0.25, 0.3) is 0 Å². The maximum Gasteiger partial charge on any atom is 0.220 e. The van der Waals surface area contributed by atoms with Gasteiger partial charge in [-0.2, -0.15) is 0 Å². The van der Waals surface area contributed by atoms with Crippen LogP contribution in [-0.2, 0) is 33.2 Å². The maximum absolute atomic E-state index is 13.1. The lowest BCUT2D eigenvalue weighted by molar-refractivity contribution is -0.379. The summed E-state index contributed by atoms with van der Waals surface area (Å²) in [4.78, 5) is 13.1. The Morgan fingerprint density at radius 2 is 0.814 bits per heavy atom. The second-order valence-electron chi connectivity index (χ2n) is 20.1. The van der Waals surface area contributed by atoms with Gasteiger partial charge in [-0.3, -0.25) is 4.79 Å². The molecule has 3 rings (SSSR count). The number of carbonyl (C=O) groups is 1. The highest BCUT2D eigenvalue weighted by Gasteiger charge is 2.53. The van der Waals surface area contributed by atoms with Gasteiger partial charge in [0.15, 0.2) is 18.9 Å². The predicted octanol–water partition coefficient (Wildman–Crippen LogP) is 2.87. The van der Waals surface area contributed by atoms with E-state index >= 15 is 0 Å². The standard InChI is InChI=1S/C51H97NO18/c1-3-5-7-9-10-11-12-13-14-15-16-17-18-19-20-21-22-23-25-26-28-35(56)34(52-39(57)29-27-24-8-6-4-2)33-65-49-45(63)42(60)47(37(31-54)67-49)70-51-46(64)43(61)48(38(32-55)68-51)69-50-44(62)41(59)40(58)36(30-53)66-50/h34-38,40-51,53-56,58-64H,3-33H2,1-2H3,(H,52,57). The maximum atomic E-state index is 13.1. The van der Waals surface area contributed by atoms with Crippen molar-refractivity contribution < 1.29 is 89.4 Å². The van der Waals surface area contributed by atoms with Gasteiger partial charge in [-0.1, -0.05) is 168 Å². The summed E-state index contributed by atoms with van der Waals surface area (Å²) >= 11 is 0. The molecule has 3 aliphatic rings. The molecule has 12 N–H and O–H groups in total. The van der Waals surface area contributed by atoms with Crippen molar-refractivity contribution in [2.24, 2.45) is 0 Å². The van der Waals surface area contributed by atoms with E-state index in [2.05, 4.69) is 19.2 Å². The minimum absolute atomic E-state index is 0.255. The van der Waals surface area contributed by atoms with Crippen LogP contribution in [0.15, 0.2) is 0 Å². The number of hydrogen-bond donors (Lipinski definition) is 12. The molecule has 19 nitrogen and oxygen atoms in total. The van der Waals surface area contributed by atoms with Crippen LogP contribution < -0.4 is 5.32 Å². The first-order chi connectivity index (χ1) is 33.8. The van der Waals surface area contributed by atoms with Gasteiger partial charge in [-0.25, -0.2) is 0 Å². The molecule has 3 saturated heterocycles. The molecule has 0 radical (unpaired) electrons. The van der Waals surface area contributed by atoms with Crippen LogP contribution in [0.3, 0.4) is 0 Å². The third-order valence-electron chi connectivity index (χ3n) is 14.2. The Kier molecular flexibility index (Phi) is 33.1. The second-order valence-corrected chi connectivity index (χ2v) is 20.1. The Morgan fingerprint density at radius 1 is 0.457 bits per heavy atom. The van der Waals surface area contributed by atoms with Crippen molar-refractivity contribution in [1.82, 2.24) is 5.32 Å². The normalized spacial score (nSPS) is 32.5. The van der Waals surface area contributed by atoms with Crippen molar-refractivity contribution in [3.8, 4) is 0 Å². The van der Waals surface area contributed by atoms with Crippen molar-refractivity contribution >= 4 is 5.91 Å². The first kappa shape index (κ1) is 63.1. The van der Waals surface area contributed by atoms with E-state index < -0.39 is 124 Å². The van der Waals surface area contributed by atoms with Crippen LogP contribution in [0.1, 0.15) is 187 Å². The average molecular weight is 1010 g/mol. The molecule has 3 aliphatic heterocycles. The lowest BCUT2D eigenvalue weighted by atomic mass is 9.96. The highest BCUT2D eigenvalue weighted by molar-refractivity contribution is 5.76. The van der Waals surface area contributed by atoms with Crippen molar-refractivity contribution in [3.63, 3.8) is 0 Å². The molecular formula is C51H97NO18. The molecule has 0 saturated carbocycles. The van der Waals surface area contributed by atoms with E-state index in [0.717, 1.165) is 51.4 Å². The van der Waals surface area contributed by atoms with Gasteiger partial charge >= 0.3 is 0 Å². The Hall–Kier alpha value is -1.21. The summed E-state index contributed by atoms with van der Waals surface area (Å²) in [6, 6.07) is -0.876. The average Bonchev–Trinajstić information content (AvgIpc) is 3.35. The quantitative estimate of drug-likeness (QED) is 0.0394. The molecule has 17 atom stereocenters. The molecule has 0 aromatic rings. The summed E-state index contributed by atoms with van der Waals surface area (Å²) in [5.74, 6) is -0.255. The zero-order valence-corrected chi connectivity index (χ0v) is 42.5. The van der Waals surface area contributed by atoms with E-state index in [-0.39, 0.29) is 18.9 Å². The smallest absolute Gasteiger partial charge is 0.220 e. The number of unbranched alkanes of at least 4 members (excludes halogenated alkanes) is 23. The first-order valence-electron chi connectivity index (χ1n) is 27.3. The van der Waals surface area contributed by atoms with Crippen molar-refractivity contribution in [2.45, 2.75) is 291 Å². The van der Waals surface area contributed by atoms with Crippen LogP contribution in [0.4, 0.5) is 0 Å². The van der Waals surface area contributed by atoms with Crippen LogP contribution >= 0.6 is 0 Å². The highest BCUT2D eigenvalue weighted by atomic mass is 16.8.